The average Bonchev–Trinajstić information content (AvgIpc) is 3.24. The van der Waals surface area contributed by atoms with Gasteiger partial charge in [-0.05, 0) is 26.0 Å². The zero-order valence-electron chi connectivity index (χ0n) is 19.6. The van der Waals surface area contributed by atoms with Gasteiger partial charge in [0.2, 0.25) is 0 Å². The summed E-state index contributed by atoms with van der Waals surface area (Å²) >= 11 is 0. The van der Waals surface area contributed by atoms with Crippen molar-refractivity contribution in [3.05, 3.63) is 68.5 Å². The largest absolute Gasteiger partial charge is 0.423 e. The third-order valence-corrected chi connectivity index (χ3v) is 5.41. The maximum atomic E-state index is 13.7. The Kier molecular flexibility index (Phi) is 8.86. The minimum atomic E-state index is -5.14. The second-order valence-electron chi connectivity index (χ2n) is 7.82. The van der Waals surface area contributed by atoms with Crippen LogP contribution >= 0.6 is 0 Å². The number of alkyl halides is 3. The van der Waals surface area contributed by atoms with Crippen molar-refractivity contribution < 1.29 is 36.9 Å². The van der Waals surface area contributed by atoms with Crippen molar-refractivity contribution in [1.82, 2.24) is 9.13 Å². The SMILES string of the molecule is C#CCO[C@H]1C[C@H](n2cc(C(F)(F)F)c(=O)n(C(=O)c3ccccc3)c2=O)O[C@@H]1COC(C)OCC. The number of hydrogen-bond acceptors (Lipinski definition) is 7. The first-order valence-electron chi connectivity index (χ1n) is 11.1. The number of carbonyl (C=O) groups is 1. The topological polar surface area (TPSA) is 98.0 Å². The Labute approximate surface area is 204 Å². The molecule has 1 aromatic carbocycles. The first-order valence-corrected chi connectivity index (χ1v) is 11.1. The van der Waals surface area contributed by atoms with E-state index in [9.17, 15) is 27.6 Å². The Morgan fingerprint density at radius 1 is 1.25 bits per heavy atom. The van der Waals surface area contributed by atoms with Gasteiger partial charge in [-0.15, -0.1) is 6.42 Å². The van der Waals surface area contributed by atoms with Crippen LogP contribution in [0.2, 0.25) is 0 Å². The van der Waals surface area contributed by atoms with Crippen LogP contribution in [-0.2, 0) is 25.1 Å². The lowest BCUT2D eigenvalue weighted by Gasteiger charge is -2.21. The van der Waals surface area contributed by atoms with E-state index in [1.165, 1.54) is 24.3 Å². The van der Waals surface area contributed by atoms with E-state index in [1.54, 1.807) is 19.9 Å². The van der Waals surface area contributed by atoms with Crippen LogP contribution < -0.4 is 11.2 Å². The number of ether oxygens (including phenoxy) is 4. The third-order valence-electron chi connectivity index (χ3n) is 5.41. The summed E-state index contributed by atoms with van der Waals surface area (Å²) in [5.41, 5.74) is -4.89. The molecule has 0 saturated carbocycles. The predicted molar refractivity (Wildman–Crippen MR) is 120 cm³/mol. The highest BCUT2D eigenvalue weighted by atomic mass is 19.4. The van der Waals surface area contributed by atoms with E-state index < -0.39 is 53.6 Å². The lowest BCUT2D eigenvalue weighted by molar-refractivity contribution is -0.162. The summed E-state index contributed by atoms with van der Waals surface area (Å²) in [6, 6.07) is 7.03. The molecule has 0 bridgehead atoms. The van der Waals surface area contributed by atoms with Gasteiger partial charge in [0.05, 0.1) is 12.7 Å². The highest BCUT2D eigenvalue weighted by Crippen LogP contribution is 2.32. The van der Waals surface area contributed by atoms with Crippen LogP contribution in [0.25, 0.3) is 0 Å². The van der Waals surface area contributed by atoms with Crippen LogP contribution in [0.5, 0.6) is 0 Å². The van der Waals surface area contributed by atoms with E-state index in [0.717, 1.165) is 0 Å². The number of aromatic nitrogens is 2. The molecule has 2 aromatic rings. The zero-order valence-corrected chi connectivity index (χ0v) is 19.6. The standard InChI is InChI=1S/C24H25F3N2O7/c1-4-11-34-18-12-20(36-19(18)14-35-15(3)33-5-2)28-13-17(24(25,26)27)22(31)29(23(28)32)21(30)16-9-7-6-8-10-16/h1,6-10,13,15,18-20H,5,11-12,14H2,2-3H3/t15?,18-,19+,20+/m0/s1. The van der Waals surface area contributed by atoms with Crippen molar-refractivity contribution in [2.45, 2.75) is 51.2 Å². The number of nitrogens with zero attached hydrogens (tertiary/aromatic N) is 2. The maximum absolute atomic E-state index is 13.7. The molecule has 3 rings (SSSR count). The van der Waals surface area contributed by atoms with Gasteiger partial charge < -0.3 is 18.9 Å². The van der Waals surface area contributed by atoms with Gasteiger partial charge >= 0.3 is 11.9 Å². The smallest absolute Gasteiger partial charge is 0.363 e. The van der Waals surface area contributed by atoms with Gasteiger partial charge in [0.15, 0.2) is 6.29 Å². The lowest BCUT2D eigenvalue weighted by atomic mass is 10.2. The fraction of sp³-hybridized carbons (Fsp3) is 0.458. The molecule has 0 spiro atoms. The summed E-state index contributed by atoms with van der Waals surface area (Å²) in [5.74, 6) is 1.09. The summed E-state index contributed by atoms with van der Waals surface area (Å²) in [6.45, 7) is 3.62. The Morgan fingerprint density at radius 2 is 1.94 bits per heavy atom. The first-order chi connectivity index (χ1) is 17.1. The molecule has 12 heteroatoms. The molecule has 4 atom stereocenters. The molecule has 194 valence electrons. The third kappa shape index (κ3) is 6.11. The number of hydrogen-bond donors (Lipinski definition) is 0. The summed E-state index contributed by atoms with van der Waals surface area (Å²) in [4.78, 5) is 38.7. The fourth-order valence-corrected chi connectivity index (χ4v) is 3.73. The molecule has 36 heavy (non-hydrogen) atoms. The van der Waals surface area contributed by atoms with Gasteiger partial charge in [-0.3, -0.25) is 14.2 Å². The zero-order chi connectivity index (χ0) is 26.5. The Morgan fingerprint density at radius 3 is 2.56 bits per heavy atom. The van der Waals surface area contributed by atoms with Crippen LogP contribution in [0.1, 0.15) is 42.4 Å². The van der Waals surface area contributed by atoms with Crippen molar-refractivity contribution >= 4 is 5.91 Å². The van der Waals surface area contributed by atoms with Crippen molar-refractivity contribution in [3.8, 4) is 12.3 Å². The molecule has 2 heterocycles. The van der Waals surface area contributed by atoms with Gasteiger partial charge in [0, 0.05) is 24.8 Å². The Hall–Kier alpha value is -3.24. The van der Waals surface area contributed by atoms with E-state index in [4.69, 9.17) is 25.4 Å². The molecule has 1 unspecified atom stereocenters. The second kappa shape index (κ2) is 11.7. The van der Waals surface area contributed by atoms with E-state index in [-0.39, 0.29) is 29.8 Å². The molecule has 1 aliphatic heterocycles. The van der Waals surface area contributed by atoms with Crippen LogP contribution in [0.4, 0.5) is 13.2 Å². The molecular formula is C24H25F3N2O7. The van der Waals surface area contributed by atoms with E-state index in [2.05, 4.69) is 5.92 Å². The highest BCUT2D eigenvalue weighted by Gasteiger charge is 2.42. The van der Waals surface area contributed by atoms with Gasteiger partial charge in [0.25, 0.3) is 11.5 Å². The minimum Gasteiger partial charge on any atom is -0.363 e. The molecule has 1 fully saturated rings. The fourth-order valence-electron chi connectivity index (χ4n) is 3.73. The number of terminal acetylenes is 1. The summed E-state index contributed by atoms with van der Waals surface area (Å²) in [5, 5.41) is 0. The maximum Gasteiger partial charge on any atom is 0.423 e. The summed E-state index contributed by atoms with van der Waals surface area (Å²) in [6.07, 6.45) is -3.09. The normalized spacial score (nSPS) is 20.7. The van der Waals surface area contributed by atoms with Crippen molar-refractivity contribution in [3.63, 3.8) is 0 Å². The molecular weight excluding hydrogens is 485 g/mol. The van der Waals surface area contributed by atoms with Crippen LogP contribution in [0, 0.1) is 12.3 Å². The second-order valence-corrected chi connectivity index (χ2v) is 7.82. The molecule has 1 aliphatic rings. The number of carbonyl (C=O) groups excluding carboxylic acids is 1. The number of rotatable bonds is 9. The summed E-state index contributed by atoms with van der Waals surface area (Å²) < 4.78 is 63.9. The van der Waals surface area contributed by atoms with Crippen molar-refractivity contribution in [2.75, 3.05) is 19.8 Å². The summed E-state index contributed by atoms with van der Waals surface area (Å²) in [7, 11) is 0. The van der Waals surface area contributed by atoms with Crippen molar-refractivity contribution in [1.29, 1.82) is 0 Å². The van der Waals surface area contributed by atoms with Gasteiger partial charge in [-0.25, -0.2) is 4.79 Å². The predicted octanol–water partition coefficient (Wildman–Crippen LogP) is 2.42. The van der Waals surface area contributed by atoms with Gasteiger partial charge in [0.1, 0.15) is 24.5 Å². The van der Waals surface area contributed by atoms with Gasteiger partial charge in [-0.1, -0.05) is 24.1 Å². The van der Waals surface area contributed by atoms with E-state index >= 15 is 0 Å². The quantitative estimate of drug-likeness (QED) is 0.378. The van der Waals surface area contributed by atoms with Crippen LogP contribution in [-0.4, -0.2) is 53.4 Å². The highest BCUT2D eigenvalue weighted by molar-refractivity contribution is 5.95. The Bertz CT molecular complexity index is 1220. The van der Waals surface area contributed by atoms with Crippen LogP contribution in [0.15, 0.2) is 46.1 Å². The van der Waals surface area contributed by atoms with Gasteiger partial charge in [-0.2, -0.15) is 17.7 Å². The van der Waals surface area contributed by atoms with E-state index in [1.807, 2.05) is 0 Å². The van der Waals surface area contributed by atoms with Crippen LogP contribution in [0.3, 0.4) is 0 Å². The monoisotopic (exact) mass is 510 g/mol. The molecule has 0 aliphatic carbocycles. The molecule has 9 nitrogen and oxygen atoms in total. The average molecular weight is 510 g/mol. The van der Waals surface area contributed by atoms with E-state index in [0.29, 0.717) is 17.4 Å². The molecule has 0 amide bonds. The lowest BCUT2D eigenvalue weighted by Crippen LogP contribution is -2.47. The molecule has 1 aromatic heterocycles. The van der Waals surface area contributed by atoms with Crippen molar-refractivity contribution in [2.24, 2.45) is 0 Å². The number of benzene rings is 1. The molecule has 0 N–H and O–H groups in total. The molecule has 1 saturated heterocycles. The Balaban J connectivity index is 2.03. The minimum absolute atomic E-state index is 0.0419. The molecule has 0 radical (unpaired) electrons. The first kappa shape index (κ1) is 27.3. The number of halogens is 3.